The minimum Gasteiger partial charge on any atom is -0.481 e. The maximum atomic E-state index is 14.0. The number of nitrogens with zero attached hydrogens (tertiary/aromatic N) is 2. The molecule has 0 aliphatic rings. The van der Waals surface area contributed by atoms with Gasteiger partial charge < -0.3 is 14.9 Å². The van der Waals surface area contributed by atoms with E-state index < -0.39 is 5.97 Å². The summed E-state index contributed by atoms with van der Waals surface area (Å²) in [5.74, 6) is -1.33. The number of carbonyl (C=O) groups excluding carboxylic acids is 2. The van der Waals surface area contributed by atoms with Gasteiger partial charge in [0, 0.05) is 37.3 Å². The second kappa shape index (κ2) is 14.1. The molecule has 0 saturated carbocycles. The lowest BCUT2D eigenvalue weighted by Gasteiger charge is -2.25. The van der Waals surface area contributed by atoms with Gasteiger partial charge >= 0.3 is 5.97 Å². The normalized spacial score (nSPS) is 10.7. The van der Waals surface area contributed by atoms with Gasteiger partial charge in [0.25, 0.3) is 11.8 Å². The van der Waals surface area contributed by atoms with Gasteiger partial charge in [-0.15, -0.1) is 0 Å². The lowest BCUT2D eigenvalue weighted by Crippen LogP contribution is -2.35. The van der Waals surface area contributed by atoms with Crippen LogP contribution in [0.15, 0.2) is 103 Å². The lowest BCUT2D eigenvalue weighted by molar-refractivity contribution is -0.137. The molecule has 0 bridgehead atoms. The number of carboxylic acid groups (broad SMARTS) is 1. The average Bonchev–Trinajstić information content (AvgIpc) is 3.00. The monoisotopic (exact) mass is 548 g/mol. The molecule has 0 fully saturated rings. The Kier molecular flexibility index (Phi) is 10.1. The summed E-state index contributed by atoms with van der Waals surface area (Å²) in [5.41, 5.74) is 5.55. The largest absolute Gasteiger partial charge is 0.481 e. The number of aryl methyl sites for hydroxylation is 1. The minimum atomic E-state index is -0.957. The quantitative estimate of drug-likeness (QED) is 0.220. The molecular weight excluding hydrogens is 512 g/mol. The summed E-state index contributed by atoms with van der Waals surface area (Å²) in [6.45, 7) is 5.47. The molecule has 0 aliphatic carbocycles. The molecule has 4 aromatic carbocycles. The van der Waals surface area contributed by atoms with Crippen molar-refractivity contribution in [1.82, 2.24) is 9.80 Å². The number of carbonyl (C=O) groups is 3. The average molecular weight is 549 g/mol. The van der Waals surface area contributed by atoms with Crippen LogP contribution in [0.4, 0.5) is 0 Å². The molecule has 4 rings (SSSR count). The van der Waals surface area contributed by atoms with Crippen molar-refractivity contribution in [3.05, 3.63) is 131 Å². The zero-order chi connectivity index (χ0) is 29.2. The molecule has 2 amide bonds. The standard InChI is InChI=1S/C35H36N2O4/c1-3-36(25-27-14-5-4-6-15-27)34(40)31-19-11-9-17-29(31)30-18-10-12-20-32(30)35(41)37(24-22-33(38)39)23-21-28-16-8-7-13-26(28)2/h4-20H,3,21-25H2,1-2H3,(H,38,39). The Hall–Kier alpha value is -4.71. The fourth-order valence-corrected chi connectivity index (χ4v) is 4.97. The Labute approximate surface area is 241 Å². The number of benzene rings is 4. The zero-order valence-electron chi connectivity index (χ0n) is 23.6. The topological polar surface area (TPSA) is 77.9 Å². The molecule has 0 spiro atoms. The molecule has 0 heterocycles. The molecule has 0 radical (unpaired) electrons. The molecule has 6 nitrogen and oxygen atoms in total. The second-order valence-electron chi connectivity index (χ2n) is 10.0. The van der Waals surface area contributed by atoms with Crippen molar-refractivity contribution < 1.29 is 19.5 Å². The van der Waals surface area contributed by atoms with E-state index in [0.717, 1.165) is 16.7 Å². The van der Waals surface area contributed by atoms with Gasteiger partial charge in [0.1, 0.15) is 0 Å². The van der Waals surface area contributed by atoms with Crippen molar-refractivity contribution in [1.29, 1.82) is 0 Å². The predicted octanol–water partition coefficient (Wildman–Crippen LogP) is 6.48. The first-order valence-electron chi connectivity index (χ1n) is 14.0. The molecule has 41 heavy (non-hydrogen) atoms. The highest BCUT2D eigenvalue weighted by Crippen LogP contribution is 2.29. The highest BCUT2D eigenvalue weighted by molar-refractivity contribution is 6.06. The van der Waals surface area contributed by atoms with Crippen LogP contribution >= 0.6 is 0 Å². The summed E-state index contributed by atoms with van der Waals surface area (Å²) >= 11 is 0. The van der Waals surface area contributed by atoms with Gasteiger partial charge in [0.15, 0.2) is 0 Å². The maximum Gasteiger partial charge on any atom is 0.305 e. The van der Waals surface area contributed by atoms with E-state index in [-0.39, 0.29) is 24.8 Å². The van der Waals surface area contributed by atoms with E-state index in [9.17, 15) is 19.5 Å². The van der Waals surface area contributed by atoms with Crippen LogP contribution < -0.4 is 0 Å². The van der Waals surface area contributed by atoms with Crippen LogP contribution in [0.2, 0.25) is 0 Å². The number of carboxylic acids is 1. The summed E-state index contributed by atoms with van der Waals surface area (Å²) in [4.78, 5) is 42.7. The molecule has 0 aliphatic heterocycles. The van der Waals surface area contributed by atoms with E-state index in [1.165, 1.54) is 0 Å². The fourth-order valence-electron chi connectivity index (χ4n) is 4.97. The SMILES string of the molecule is CCN(Cc1ccccc1)C(=O)c1ccccc1-c1ccccc1C(=O)N(CCC(=O)O)CCc1ccccc1C. The van der Waals surface area contributed by atoms with Crippen LogP contribution in [0.1, 0.15) is 50.8 Å². The Morgan fingerprint density at radius 2 is 1.20 bits per heavy atom. The summed E-state index contributed by atoms with van der Waals surface area (Å²) in [6, 6.07) is 32.5. The molecule has 0 atom stereocenters. The second-order valence-corrected chi connectivity index (χ2v) is 10.0. The van der Waals surface area contributed by atoms with Crippen LogP contribution in [-0.4, -0.2) is 52.3 Å². The smallest absolute Gasteiger partial charge is 0.305 e. The van der Waals surface area contributed by atoms with E-state index in [0.29, 0.717) is 48.3 Å². The number of hydrogen-bond donors (Lipinski definition) is 1. The third-order valence-corrected chi connectivity index (χ3v) is 7.29. The Morgan fingerprint density at radius 1 is 0.659 bits per heavy atom. The van der Waals surface area contributed by atoms with Crippen molar-refractivity contribution in [2.45, 2.75) is 33.2 Å². The highest BCUT2D eigenvalue weighted by atomic mass is 16.4. The van der Waals surface area contributed by atoms with Crippen LogP contribution in [-0.2, 0) is 17.8 Å². The lowest BCUT2D eigenvalue weighted by atomic mass is 9.93. The Bertz CT molecular complexity index is 1500. The van der Waals surface area contributed by atoms with Gasteiger partial charge in [-0.3, -0.25) is 14.4 Å². The first-order valence-corrected chi connectivity index (χ1v) is 14.0. The summed E-state index contributed by atoms with van der Waals surface area (Å²) in [5, 5.41) is 9.38. The van der Waals surface area contributed by atoms with E-state index in [1.807, 2.05) is 98.8 Å². The molecule has 4 aromatic rings. The van der Waals surface area contributed by atoms with Crippen LogP contribution in [0.3, 0.4) is 0 Å². The third-order valence-electron chi connectivity index (χ3n) is 7.29. The van der Waals surface area contributed by atoms with Crippen molar-refractivity contribution in [2.75, 3.05) is 19.6 Å². The molecule has 0 aromatic heterocycles. The highest BCUT2D eigenvalue weighted by Gasteiger charge is 2.24. The fraction of sp³-hybridized carbons (Fsp3) is 0.229. The van der Waals surface area contributed by atoms with Crippen molar-refractivity contribution >= 4 is 17.8 Å². The van der Waals surface area contributed by atoms with Gasteiger partial charge in [-0.25, -0.2) is 0 Å². The first kappa shape index (κ1) is 29.3. The number of aliphatic carboxylic acids is 1. The summed E-state index contributed by atoms with van der Waals surface area (Å²) < 4.78 is 0. The van der Waals surface area contributed by atoms with E-state index >= 15 is 0 Å². The van der Waals surface area contributed by atoms with E-state index in [2.05, 4.69) is 0 Å². The van der Waals surface area contributed by atoms with E-state index in [1.54, 1.807) is 28.0 Å². The summed E-state index contributed by atoms with van der Waals surface area (Å²) in [6.07, 6.45) is 0.460. The third kappa shape index (κ3) is 7.48. The van der Waals surface area contributed by atoms with Gasteiger partial charge in [-0.1, -0.05) is 91.0 Å². The van der Waals surface area contributed by atoms with Crippen molar-refractivity contribution in [3.63, 3.8) is 0 Å². The van der Waals surface area contributed by atoms with Crippen molar-refractivity contribution in [2.24, 2.45) is 0 Å². The van der Waals surface area contributed by atoms with Gasteiger partial charge in [-0.2, -0.15) is 0 Å². The Morgan fingerprint density at radius 3 is 1.78 bits per heavy atom. The molecule has 6 heteroatoms. The molecular formula is C35H36N2O4. The van der Waals surface area contributed by atoms with Gasteiger partial charge in [0.05, 0.1) is 6.42 Å². The summed E-state index contributed by atoms with van der Waals surface area (Å²) in [7, 11) is 0. The van der Waals surface area contributed by atoms with Crippen LogP contribution in [0.25, 0.3) is 11.1 Å². The minimum absolute atomic E-state index is 0.0929. The van der Waals surface area contributed by atoms with E-state index in [4.69, 9.17) is 0 Å². The zero-order valence-corrected chi connectivity index (χ0v) is 23.6. The van der Waals surface area contributed by atoms with Crippen molar-refractivity contribution in [3.8, 4) is 11.1 Å². The number of amides is 2. The first-order chi connectivity index (χ1) is 19.9. The molecule has 0 saturated heterocycles. The maximum absolute atomic E-state index is 14.0. The van der Waals surface area contributed by atoms with Crippen LogP contribution in [0.5, 0.6) is 0 Å². The van der Waals surface area contributed by atoms with Crippen LogP contribution in [0, 0.1) is 6.92 Å². The molecule has 210 valence electrons. The predicted molar refractivity (Wildman–Crippen MR) is 162 cm³/mol. The Balaban J connectivity index is 1.66. The number of rotatable bonds is 12. The number of hydrogen-bond acceptors (Lipinski definition) is 3. The molecule has 1 N–H and O–H groups in total. The van der Waals surface area contributed by atoms with Gasteiger partial charge in [-0.05, 0) is 60.2 Å². The van der Waals surface area contributed by atoms with Gasteiger partial charge in [0.2, 0.25) is 0 Å². The molecule has 0 unspecified atom stereocenters.